The Morgan fingerprint density at radius 2 is 1.84 bits per heavy atom. The van der Waals surface area contributed by atoms with Gasteiger partial charge in [0.1, 0.15) is 38.5 Å². The van der Waals surface area contributed by atoms with Gasteiger partial charge in [0.2, 0.25) is 5.91 Å². The molecular formula is C18H27N3O4+2. The van der Waals surface area contributed by atoms with Crippen LogP contribution in [-0.2, 0) is 9.59 Å². The number of nitrogens with one attached hydrogen (secondary N) is 2. The van der Waals surface area contributed by atoms with Gasteiger partial charge in [-0.25, -0.2) is 4.90 Å². The molecule has 0 aliphatic carbocycles. The van der Waals surface area contributed by atoms with Crippen LogP contribution in [0.1, 0.15) is 13.3 Å². The summed E-state index contributed by atoms with van der Waals surface area (Å²) in [6.07, 6.45) is 0.275. The SMILES string of the molecule is CCOc1ccc(N2C(=O)C[C@@H]([NH+]3CC[NH+](CCO)CC3)C2=O)cc1. The van der Waals surface area contributed by atoms with Gasteiger partial charge in [-0.1, -0.05) is 0 Å². The number of nitrogens with zero attached hydrogens (tertiary/aromatic N) is 1. The van der Waals surface area contributed by atoms with Crippen LogP contribution >= 0.6 is 0 Å². The maximum absolute atomic E-state index is 12.8. The number of carbonyl (C=O) groups is 2. The first-order valence-electron chi connectivity index (χ1n) is 9.02. The molecule has 0 bridgehead atoms. The Kier molecular flexibility index (Phi) is 5.67. The Balaban J connectivity index is 1.66. The summed E-state index contributed by atoms with van der Waals surface area (Å²) < 4.78 is 5.41. The number of hydrogen-bond acceptors (Lipinski definition) is 4. The van der Waals surface area contributed by atoms with Crippen molar-refractivity contribution in [2.24, 2.45) is 0 Å². The molecule has 2 aliphatic heterocycles. The average Bonchev–Trinajstić information content (AvgIpc) is 2.92. The normalized spacial score (nSPS) is 27.0. The Labute approximate surface area is 147 Å². The van der Waals surface area contributed by atoms with Crippen LogP contribution in [0.25, 0.3) is 0 Å². The molecule has 3 rings (SSSR count). The number of rotatable bonds is 6. The van der Waals surface area contributed by atoms with E-state index in [9.17, 15) is 9.59 Å². The monoisotopic (exact) mass is 349 g/mol. The number of hydrogen-bond donors (Lipinski definition) is 3. The van der Waals surface area contributed by atoms with Gasteiger partial charge in [0.15, 0.2) is 6.04 Å². The largest absolute Gasteiger partial charge is 0.494 e. The summed E-state index contributed by atoms with van der Waals surface area (Å²) >= 11 is 0. The Morgan fingerprint density at radius 3 is 2.44 bits per heavy atom. The number of imide groups is 1. The van der Waals surface area contributed by atoms with Gasteiger partial charge in [0.25, 0.3) is 5.91 Å². The Morgan fingerprint density at radius 1 is 1.16 bits per heavy atom. The maximum Gasteiger partial charge on any atom is 0.292 e. The molecule has 0 spiro atoms. The van der Waals surface area contributed by atoms with E-state index in [1.165, 1.54) is 14.7 Å². The third kappa shape index (κ3) is 3.84. The topological polar surface area (TPSA) is 75.7 Å². The van der Waals surface area contributed by atoms with Gasteiger partial charge in [-0.15, -0.1) is 0 Å². The fraction of sp³-hybridized carbons (Fsp3) is 0.556. The standard InChI is InChI=1S/C18H25N3O4/c1-2-25-15-5-3-14(4-6-15)21-17(23)13-16(18(21)24)20-9-7-19(8-10-20)11-12-22/h3-6,16,22H,2,7-13H2,1H3/p+2/t16-/m1/s1. The number of benzene rings is 1. The summed E-state index contributed by atoms with van der Waals surface area (Å²) in [5.74, 6) is 0.502. The van der Waals surface area contributed by atoms with Crippen LogP contribution in [0.3, 0.4) is 0 Å². The van der Waals surface area contributed by atoms with Gasteiger partial charge < -0.3 is 19.6 Å². The lowest BCUT2D eigenvalue weighted by molar-refractivity contribution is -1.02. The third-order valence-corrected chi connectivity index (χ3v) is 5.11. The van der Waals surface area contributed by atoms with Crippen molar-refractivity contribution in [3.05, 3.63) is 24.3 Å². The highest BCUT2D eigenvalue weighted by Gasteiger charge is 2.46. The molecule has 0 saturated carbocycles. The lowest BCUT2D eigenvalue weighted by Gasteiger charge is -2.31. The number of anilines is 1. The zero-order chi connectivity index (χ0) is 17.8. The molecular weight excluding hydrogens is 322 g/mol. The molecule has 2 fully saturated rings. The summed E-state index contributed by atoms with van der Waals surface area (Å²) in [6.45, 7) is 7.01. The predicted molar refractivity (Wildman–Crippen MR) is 91.9 cm³/mol. The zero-order valence-corrected chi connectivity index (χ0v) is 14.7. The van der Waals surface area contributed by atoms with Crippen LogP contribution < -0.4 is 19.4 Å². The maximum atomic E-state index is 12.8. The number of amides is 2. The fourth-order valence-electron chi connectivity index (χ4n) is 3.76. The molecule has 0 radical (unpaired) electrons. The number of quaternary nitrogens is 2. The second kappa shape index (κ2) is 7.95. The van der Waals surface area contributed by atoms with Crippen LogP contribution in [0.4, 0.5) is 5.69 Å². The molecule has 7 nitrogen and oxygen atoms in total. The Bertz CT molecular complexity index is 611. The van der Waals surface area contributed by atoms with Crippen molar-refractivity contribution in [1.29, 1.82) is 0 Å². The number of ether oxygens (including phenoxy) is 1. The summed E-state index contributed by atoms with van der Waals surface area (Å²) in [7, 11) is 0. The molecule has 1 aromatic rings. The molecule has 2 saturated heterocycles. The molecule has 2 heterocycles. The zero-order valence-electron chi connectivity index (χ0n) is 14.7. The van der Waals surface area contributed by atoms with E-state index in [1.807, 2.05) is 6.92 Å². The highest BCUT2D eigenvalue weighted by Crippen LogP contribution is 2.24. The first-order valence-corrected chi connectivity index (χ1v) is 9.02. The van der Waals surface area contributed by atoms with Gasteiger partial charge >= 0.3 is 0 Å². The van der Waals surface area contributed by atoms with Crippen molar-refractivity contribution in [2.45, 2.75) is 19.4 Å². The highest BCUT2D eigenvalue weighted by atomic mass is 16.5. The van der Waals surface area contributed by atoms with Crippen molar-refractivity contribution >= 4 is 17.5 Å². The van der Waals surface area contributed by atoms with Crippen molar-refractivity contribution in [3.63, 3.8) is 0 Å². The summed E-state index contributed by atoms with van der Waals surface area (Å²) in [5, 5.41) is 9.04. The van der Waals surface area contributed by atoms with Crippen LogP contribution in [0, 0.1) is 0 Å². The van der Waals surface area contributed by atoms with Crippen molar-refractivity contribution in [1.82, 2.24) is 0 Å². The van der Waals surface area contributed by atoms with Gasteiger partial charge in [0, 0.05) is 0 Å². The first kappa shape index (κ1) is 17.8. The second-order valence-electron chi connectivity index (χ2n) is 6.63. The first-order chi connectivity index (χ1) is 12.1. The van der Waals surface area contributed by atoms with Crippen LogP contribution in [0.2, 0.25) is 0 Å². The van der Waals surface area contributed by atoms with Crippen molar-refractivity contribution < 1.29 is 29.2 Å². The molecule has 0 aromatic heterocycles. The minimum Gasteiger partial charge on any atom is -0.494 e. The molecule has 3 N–H and O–H groups in total. The smallest absolute Gasteiger partial charge is 0.292 e. The van der Waals surface area contributed by atoms with E-state index in [2.05, 4.69) is 0 Å². The molecule has 136 valence electrons. The number of carbonyl (C=O) groups excluding carboxylic acids is 2. The van der Waals surface area contributed by atoms with Gasteiger partial charge in [-0.2, -0.15) is 0 Å². The molecule has 7 heteroatoms. The van der Waals surface area contributed by atoms with E-state index in [-0.39, 0.29) is 30.9 Å². The number of piperazine rings is 1. The minimum absolute atomic E-state index is 0.102. The highest BCUT2D eigenvalue weighted by molar-refractivity contribution is 6.21. The molecule has 2 amide bonds. The molecule has 0 unspecified atom stereocenters. The molecule has 2 aliphatic rings. The van der Waals surface area contributed by atoms with E-state index < -0.39 is 0 Å². The summed E-state index contributed by atoms with van der Waals surface area (Å²) in [6, 6.07) is 6.83. The lowest BCUT2D eigenvalue weighted by atomic mass is 10.1. The van der Waals surface area contributed by atoms with Crippen molar-refractivity contribution in [2.75, 3.05) is 50.8 Å². The van der Waals surface area contributed by atoms with Gasteiger partial charge in [-0.3, -0.25) is 9.59 Å². The Hall–Kier alpha value is -1.96. The third-order valence-electron chi connectivity index (χ3n) is 5.11. The predicted octanol–water partition coefficient (Wildman–Crippen LogP) is -2.51. The van der Waals surface area contributed by atoms with Crippen LogP contribution in [0.15, 0.2) is 24.3 Å². The average molecular weight is 349 g/mol. The van der Waals surface area contributed by atoms with Crippen molar-refractivity contribution in [3.8, 4) is 5.75 Å². The summed E-state index contributed by atoms with van der Waals surface area (Å²) in [4.78, 5) is 29.2. The second-order valence-corrected chi connectivity index (χ2v) is 6.63. The van der Waals surface area contributed by atoms with Gasteiger partial charge in [-0.05, 0) is 31.2 Å². The lowest BCUT2D eigenvalue weighted by Crippen LogP contribution is -3.30. The van der Waals surface area contributed by atoms with E-state index in [0.29, 0.717) is 12.3 Å². The number of aliphatic hydroxyl groups is 1. The van der Waals surface area contributed by atoms with E-state index >= 15 is 0 Å². The summed E-state index contributed by atoms with van der Waals surface area (Å²) in [5.41, 5.74) is 0.616. The minimum atomic E-state index is -0.283. The fourth-order valence-corrected chi connectivity index (χ4v) is 3.76. The van der Waals surface area contributed by atoms with E-state index in [0.717, 1.165) is 38.5 Å². The molecule has 1 atom stereocenters. The molecule has 1 aromatic carbocycles. The van der Waals surface area contributed by atoms with E-state index in [4.69, 9.17) is 9.84 Å². The van der Waals surface area contributed by atoms with Gasteiger partial charge in [0.05, 0.1) is 25.3 Å². The number of aliphatic hydroxyl groups excluding tert-OH is 1. The molecule has 25 heavy (non-hydrogen) atoms. The van der Waals surface area contributed by atoms with Crippen LogP contribution in [-0.4, -0.2) is 68.9 Å². The quantitative estimate of drug-likeness (QED) is 0.496. The van der Waals surface area contributed by atoms with Crippen LogP contribution in [0.5, 0.6) is 5.75 Å². The van der Waals surface area contributed by atoms with E-state index in [1.54, 1.807) is 24.3 Å².